The summed E-state index contributed by atoms with van der Waals surface area (Å²) >= 11 is -5.54. The van der Waals surface area contributed by atoms with Crippen LogP contribution in [-0.2, 0) is 33.8 Å². The molecule has 1 amide bonds. The number of ketones is 1. The molecule has 0 aliphatic heterocycles. The first-order valence-electron chi connectivity index (χ1n) is 39.3. The molecule has 13 rings (SSSR count). The predicted octanol–water partition coefficient (Wildman–Crippen LogP) is 23.8. The van der Waals surface area contributed by atoms with Crippen LogP contribution in [0.4, 0.5) is 22.7 Å². The van der Waals surface area contributed by atoms with E-state index in [1.165, 1.54) is 81.4 Å². The van der Waals surface area contributed by atoms with Crippen LogP contribution in [0.3, 0.4) is 0 Å². The van der Waals surface area contributed by atoms with Gasteiger partial charge in [-0.05, 0) is 154 Å². The van der Waals surface area contributed by atoms with Gasteiger partial charge in [-0.25, -0.2) is 0 Å². The highest BCUT2D eigenvalue weighted by molar-refractivity contribution is 7.82. The zero-order valence-corrected chi connectivity index (χ0v) is 68.6. The Labute approximate surface area is 687 Å². The third-order valence-corrected chi connectivity index (χ3v) is 21.4. The number of hydrogen-bond donors (Lipinski definition) is 8. The molecule has 13 aromatic rings. The molecule has 0 bridgehead atoms. The van der Waals surface area contributed by atoms with Gasteiger partial charge in [-0.2, -0.15) is 12.6 Å². The molecule has 21 heteroatoms. The third kappa shape index (κ3) is 26.3. The van der Waals surface area contributed by atoms with E-state index in [2.05, 4.69) is 39.4 Å². The lowest BCUT2D eigenvalue weighted by Gasteiger charge is -2.15. The number of amides is 1. The lowest BCUT2D eigenvalue weighted by Crippen LogP contribution is -2.15. The maximum absolute atomic E-state index is 13.4. The Hall–Kier alpha value is -11.9. The van der Waals surface area contributed by atoms with Crippen molar-refractivity contribution in [2.75, 3.05) is 32.7 Å². The molecule has 0 aromatic heterocycles. The minimum Gasteiger partial charge on any atom is -0.507 e. The number of anilines is 4. The largest absolute Gasteiger partial charge is 0.507 e. The maximum Gasteiger partial charge on any atom is 0.316 e. The summed E-state index contributed by atoms with van der Waals surface area (Å²) in [7, 11) is 0. The quantitative estimate of drug-likeness (QED) is 0.0103. The zero-order chi connectivity index (χ0) is 82.0. The fourth-order valence-corrected chi connectivity index (χ4v) is 15.1. The summed E-state index contributed by atoms with van der Waals surface area (Å²) in [5.41, 5.74) is 6.84. The van der Waals surface area contributed by atoms with Crippen molar-refractivity contribution >= 4 is 111 Å². The van der Waals surface area contributed by atoms with Crippen LogP contribution in [0, 0.1) is 27.7 Å². The average molecular weight is 1620 g/mol. The SMILES string of the molecule is CCCCCCCCCCCCCCCC(=O)c1cc(NS(=O)Oc2ccccc2)c2ccccc2c1O.Cc1ccc(O)c2ccccc12.Cc1ccc(OCCCCOc2cccc(NC(=O)c3cc(NS(=O)Oc4ccccc4)c4ccccc4c3O)c2)c(C)c1.Cc1ccc2c(NS(=O)Oc3ccccc3)ccc(O)c2c1. The van der Waals surface area contributed by atoms with Crippen LogP contribution in [0.15, 0.2) is 261 Å². The van der Waals surface area contributed by atoms with E-state index in [1.54, 1.807) is 133 Å². The van der Waals surface area contributed by atoms with Crippen LogP contribution < -0.4 is 41.5 Å². The van der Waals surface area contributed by atoms with E-state index >= 15 is 0 Å². The summed E-state index contributed by atoms with van der Waals surface area (Å²) < 4.78 is 74.0. The summed E-state index contributed by atoms with van der Waals surface area (Å²) in [6.07, 6.45) is 18.3. The van der Waals surface area contributed by atoms with E-state index < -0.39 is 39.7 Å². The molecule has 3 atom stereocenters. The van der Waals surface area contributed by atoms with Crippen molar-refractivity contribution in [3.05, 3.63) is 294 Å². The van der Waals surface area contributed by atoms with Gasteiger partial charge in [0.25, 0.3) is 5.91 Å². The van der Waals surface area contributed by atoms with Crippen LogP contribution in [0.1, 0.15) is 153 Å². The highest BCUT2D eigenvalue weighted by atomic mass is 32.2. The van der Waals surface area contributed by atoms with Gasteiger partial charge in [0, 0.05) is 55.9 Å². The van der Waals surface area contributed by atoms with Crippen molar-refractivity contribution < 1.29 is 64.7 Å². The topological polar surface area (TPSA) is 261 Å². The first-order valence-corrected chi connectivity index (χ1v) is 42.5. The zero-order valence-electron chi connectivity index (χ0n) is 66.2. The third-order valence-electron chi connectivity index (χ3n) is 19.2. The lowest BCUT2D eigenvalue weighted by molar-refractivity contribution is 0.0975. The number of para-hydroxylation sites is 3. The van der Waals surface area contributed by atoms with E-state index in [1.807, 2.05) is 136 Å². The Morgan fingerprint density at radius 1 is 0.336 bits per heavy atom. The highest BCUT2D eigenvalue weighted by Crippen LogP contribution is 2.39. The number of rotatable bonds is 36. The van der Waals surface area contributed by atoms with E-state index in [9.17, 15) is 42.6 Å². The summed E-state index contributed by atoms with van der Waals surface area (Å²) in [5.74, 6) is 2.62. The molecule has 0 fully saturated rings. The molecule has 0 heterocycles. The van der Waals surface area contributed by atoms with Gasteiger partial charge in [0.2, 0.25) is 0 Å². The Bertz CT molecular complexity index is 5410. The summed E-state index contributed by atoms with van der Waals surface area (Å²) in [6.45, 7) is 11.4. The molecule has 0 aliphatic carbocycles. The molecule has 0 saturated heterocycles. The van der Waals surface area contributed by atoms with Crippen molar-refractivity contribution in [1.82, 2.24) is 0 Å². The minimum atomic E-state index is -1.95. The summed E-state index contributed by atoms with van der Waals surface area (Å²) in [5, 5.41) is 49.9. The minimum absolute atomic E-state index is 0.0121. The second kappa shape index (κ2) is 45.3. The molecule has 604 valence electrons. The number of fused-ring (bicyclic) bond motifs is 4. The van der Waals surface area contributed by atoms with Gasteiger partial charge in [0.1, 0.15) is 51.7 Å². The van der Waals surface area contributed by atoms with E-state index in [0.29, 0.717) is 98.1 Å². The van der Waals surface area contributed by atoms with Crippen LogP contribution in [0.5, 0.6) is 51.7 Å². The van der Waals surface area contributed by atoms with E-state index in [-0.39, 0.29) is 34.2 Å². The fraction of sp³-hybridized carbons (Fsp3) is 0.242. The number of carbonyl (C=O) groups excluding carboxylic acids is 2. The van der Waals surface area contributed by atoms with Gasteiger partial charge < -0.3 is 47.8 Å². The number of aromatic hydroxyl groups is 4. The van der Waals surface area contributed by atoms with Crippen molar-refractivity contribution in [1.29, 1.82) is 0 Å². The molecule has 0 saturated carbocycles. The molecule has 0 aliphatic rings. The molecule has 18 nitrogen and oxygen atoms in total. The monoisotopic (exact) mass is 1620 g/mol. The molecule has 0 spiro atoms. The normalized spacial score (nSPS) is 11.6. The van der Waals surface area contributed by atoms with Crippen LogP contribution >= 0.6 is 0 Å². The Morgan fingerprint density at radius 2 is 0.759 bits per heavy atom. The highest BCUT2D eigenvalue weighted by Gasteiger charge is 2.22. The van der Waals surface area contributed by atoms with Crippen LogP contribution in [0.2, 0.25) is 0 Å². The smallest absolute Gasteiger partial charge is 0.316 e. The summed E-state index contributed by atoms with van der Waals surface area (Å²) in [6, 6.07) is 77.5. The number of aryl methyl sites for hydroxylation is 4. The Morgan fingerprint density at radius 3 is 1.29 bits per heavy atom. The summed E-state index contributed by atoms with van der Waals surface area (Å²) in [4.78, 5) is 26.4. The standard InChI is InChI=1S/C35H34N2O6S.C32H43NO4S.C17H15NO3S.C11H10O/c1-24-17-18-33(25(2)21-24)42-20-9-8-19-41-28-14-10-11-26(22-28)36-35(39)31-23-32(29-15-6-7-16-30(29)34(31)38)37-44(40)43-27-12-4-3-5-13-27;1-2-3-4-5-6-7-8-9-10-11-12-13-17-24-31(34)29-25-30(27-22-18-19-23-28(27)32(29)35)33-38(36)37-26-20-15-14-16-21-26;1-12-7-8-14-15(11-12)17(19)10-9-16(14)18-22(20)21-13-5-3-2-4-6-13;1-8-6-7-11(12)10-5-3-2-4-9(8)10/h3-7,10-18,21-23,37-38H,8-9,19-20H2,1-2H3,(H,36,39);14-16,18-23,25,33,35H,2-13,17,24H2,1H3;2-11,18-19H,1H3;2-7,12H,1H3. The van der Waals surface area contributed by atoms with Crippen molar-refractivity contribution in [3.63, 3.8) is 0 Å². The average Bonchev–Trinajstić information content (AvgIpc) is 0.786. The number of ether oxygens (including phenoxy) is 2. The number of phenolic OH excluding ortho intramolecular Hbond substituents is 4. The molecule has 116 heavy (non-hydrogen) atoms. The van der Waals surface area contributed by atoms with Crippen molar-refractivity contribution in [3.8, 4) is 51.7 Å². The lowest BCUT2D eigenvalue weighted by atomic mass is 9.97. The molecular weight excluding hydrogens is 1520 g/mol. The van der Waals surface area contributed by atoms with Gasteiger partial charge in [0.15, 0.2) is 5.78 Å². The van der Waals surface area contributed by atoms with Crippen LogP contribution in [-0.4, -0.2) is 58.0 Å². The number of phenols is 4. The molecule has 13 aromatic carbocycles. The Kier molecular flexibility index (Phi) is 33.7. The van der Waals surface area contributed by atoms with Gasteiger partial charge in [-0.1, -0.05) is 259 Å². The number of Topliss-reactive ketones (excluding diaryl/α,β-unsaturated/α-hetero) is 1. The van der Waals surface area contributed by atoms with E-state index in [4.69, 9.17) is 22.0 Å². The molecule has 8 N–H and O–H groups in total. The first kappa shape index (κ1) is 86.5. The van der Waals surface area contributed by atoms with Gasteiger partial charge in [0.05, 0.1) is 41.4 Å². The molecule has 3 unspecified atom stereocenters. The van der Waals surface area contributed by atoms with Gasteiger partial charge in [-0.15, -0.1) is 0 Å². The van der Waals surface area contributed by atoms with Gasteiger partial charge in [-0.3, -0.25) is 23.8 Å². The second-order valence-electron chi connectivity index (χ2n) is 28.1. The Balaban J connectivity index is 0.000000177. The molecule has 0 radical (unpaired) electrons. The van der Waals surface area contributed by atoms with Crippen LogP contribution in [0.25, 0.3) is 43.1 Å². The van der Waals surface area contributed by atoms with Crippen molar-refractivity contribution in [2.45, 2.75) is 137 Å². The maximum atomic E-state index is 13.4. The number of hydrogen-bond acceptors (Lipinski definition) is 14. The second-order valence-corrected chi connectivity index (χ2v) is 30.7. The number of carbonyl (C=O) groups is 2. The number of unbranched alkanes of at least 4 members (excludes halogenated alkanes) is 13. The van der Waals surface area contributed by atoms with Gasteiger partial charge >= 0.3 is 33.8 Å². The predicted molar refractivity (Wildman–Crippen MR) is 474 cm³/mol. The van der Waals surface area contributed by atoms with E-state index in [0.717, 1.165) is 65.1 Å². The number of benzene rings is 13. The number of nitrogens with one attached hydrogen (secondary N) is 4. The fourth-order valence-electron chi connectivity index (χ4n) is 13.1. The first-order chi connectivity index (χ1) is 56.4. The molecular formula is C95H102N4O14S3. The van der Waals surface area contributed by atoms with Crippen molar-refractivity contribution in [2.24, 2.45) is 0 Å².